The Morgan fingerprint density at radius 1 is 1.18 bits per heavy atom. The Labute approximate surface area is 198 Å². The largest absolute Gasteiger partial charge is 0.481 e. The van der Waals surface area contributed by atoms with Gasteiger partial charge in [0.25, 0.3) is 5.91 Å². The fraction of sp³-hybridized carbons (Fsp3) is 0.227. The number of furan rings is 1. The Balaban J connectivity index is 1.77. The molecule has 1 fully saturated rings. The third-order valence-corrected chi connectivity index (χ3v) is 5.96. The van der Waals surface area contributed by atoms with Crippen molar-refractivity contribution in [3.63, 3.8) is 0 Å². The number of carboxylic acids is 2. The van der Waals surface area contributed by atoms with Gasteiger partial charge in [-0.15, -0.1) is 0 Å². The molecule has 2 N–H and O–H groups in total. The molecule has 2 heterocycles. The second-order valence-corrected chi connectivity index (χ2v) is 8.51. The molecule has 172 valence electrons. The Morgan fingerprint density at radius 2 is 1.88 bits per heavy atom. The molecule has 1 aromatic carbocycles. The number of carboxylic acid groups (broad SMARTS) is 2. The van der Waals surface area contributed by atoms with Crippen LogP contribution >= 0.6 is 24.0 Å². The van der Waals surface area contributed by atoms with Crippen LogP contribution in [0.2, 0.25) is 0 Å². The van der Waals surface area contributed by atoms with Crippen molar-refractivity contribution in [2.75, 3.05) is 6.61 Å². The lowest BCUT2D eigenvalue weighted by molar-refractivity contribution is -0.146. The molecule has 0 saturated carbocycles. The minimum absolute atomic E-state index is 0.0328. The molecule has 0 bridgehead atoms. The summed E-state index contributed by atoms with van der Waals surface area (Å²) in [6.45, 7) is 2.00. The molecule has 3 rings (SSSR count). The van der Waals surface area contributed by atoms with E-state index >= 15 is 0 Å². The Morgan fingerprint density at radius 3 is 2.48 bits per heavy atom. The van der Waals surface area contributed by atoms with Crippen LogP contribution in [0, 0.1) is 0 Å². The normalized spacial score (nSPS) is 15.7. The van der Waals surface area contributed by atoms with Crippen LogP contribution in [0.5, 0.6) is 0 Å². The summed E-state index contributed by atoms with van der Waals surface area (Å²) in [5.74, 6) is -2.70. The zero-order chi connectivity index (χ0) is 24.1. The highest BCUT2D eigenvalue weighted by Gasteiger charge is 2.40. The van der Waals surface area contributed by atoms with Crippen LogP contribution in [0.1, 0.15) is 35.9 Å². The van der Waals surface area contributed by atoms with Gasteiger partial charge in [-0.25, -0.2) is 9.59 Å². The molecular formula is C22H19NO8S2. The van der Waals surface area contributed by atoms with Gasteiger partial charge in [0.2, 0.25) is 0 Å². The van der Waals surface area contributed by atoms with Crippen LogP contribution < -0.4 is 0 Å². The van der Waals surface area contributed by atoms with E-state index in [9.17, 15) is 24.3 Å². The first-order valence-electron chi connectivity index (χ1n) is 9.80. The topological polar surface area (TPSA) is 134 Å². The highest BCUT2D eigenvalue weighted by Crippen LogP contribution is 2.35. The number of ether oxygens (including phenoxy) is 1. The summed E-state index contributed by atoms with van der Waals surface area (Å²) in [7, 11) is 0. The van der Waals surface area contributed by atoms with Crippen molar-refractivity contribution >= 4 is 58.2 Å². The number of esters is 1. The molecule has 1 saturated heterocycles. The third kappa shape index (κ3) is 5.68. The van der Waals surface area contributed by atoms with Gasteiger partial charge in [0.1, 0.15) is 21.9 Å². The Kier molecular flexibility index (Phi) is 7.67. The first-order valence-corrected chi connectivity index (χ1v) is 11.0. The summed E-state index contributed by atoms with van der Waals surface area (Å²) in [4.78, 5) is 48.1. The average Bonchev–Trinajstić information content (AvgIpc) is 3.34. The molecule has 33 heavy (non-hydrogen) atoms. The SMILES string of the molecule is CCOC(=O)c1ccc(-c2ccc(/C=C3\SC(=S)N([C@@H](CCC(=O)O)C(=O)O)C3=O)o2)cc1. The van der Waals surface area contributed by atoms with Crippen molar-refractivity contribution in [3.05, 3.63) is 52.6 Å². The molecule has 9 nitrogen and oxygen atoms in total. The second kappa shape index (κ2) is 10.5. The minimum Gasteiger partial charge on any atom is -0.481 e. The molecule has 1 aliphatic heterocycles. The molecule has 1 aromatic heterocycles. The molecule has 0 unspecified atom stereocenters. The third-order valence-electron chi connectivity index (χ3n) is 4.63. The van der Waals surface area contributed by atoms with Gasteiger partial charge in [-0.05, 0) is 37.6 Å². The molecule has 0 spiro atoms. The highest BCUT2D eigenvalue weighted by molar-refractivity contribution is 8.26. The average molecular weight is 490 g/mol. The number of thioether (sulfide) groups is 1. The Hall–Kier alpha value is -3.44. The maximum atomic E-state index is 12.8. The van der Waals surface area contributed by atoms with Crippen LogP contribution in [0.25, 0.3) is 17.4 Å². The monoisotopic (exact) mass is 489 g/mol. The summed E-state index contributed by atoms with van der Waals surface area (Å²) in [5, 5.41) is 18.3. The van der Waals surface area contributed by atoms with Crippen LogP contribution in [0.4, 0.5) is 0 Å². The lowest BCUT2D eigenvalue weighted by Gasteiger charge is -2.22. The first kappa shape index (κ1) is 24.2. The van der Waals surface area contributed by atoms with Crippen LogP contribution in [-0.4, -0.2) is 55.9 Å². The Bertz CT molecular complexity index is 1140. The number of rotatable bonds is 9. The quantitative estimate of drug-likeness (QED) is 0.305. The maximum Gasteiger partial charge on any atom is 0.338 e. The van der Waals surface area contributed by atoms with Crippen molar-refractivity contribution in [1.29, 1.82) is 0 Å². The van der Waals surface area contributed by atoms with Gasteiger partial charge in [0, 0.05) is 18.1 Å². The van der Waals surface area contributed by atoms with E-state index in [1.165, 1.54) is 6.08 Å². The second-order valence-electron chi connectivity index (χ2n) is 6.84. The van der Waals surface area contributed by atoms with Crippen LogP contribution in [0.15, 0.2) is 45.7 Å². The number of benzene rings is 1. The summed E-state index contributed by atoms with van der Waals surface area (Å²) < 4.78 is 10.8. The number of hydrogen-bond acceptors (Lipinski definition) is 8. The molecule has 11 heteroatoms. The molecule has 1 atom stereocenters. The predicted molar refractivity (Wildman–Crippen MR) is 123 cm³/mol. The van der Waals surface area contributed by atoms with Crippen molar-refractivity contribution in [2.24, 2.45) is 0 Å². The number of carbonyl (C=O) groups excluding carboxylic acids is 2. The fourth-order valence-corrected chi connectivity index (χ4v) is 4.41. The first-order chi connectivity index (χ1) is 15.7. The lowest BCUT2D eigenvalue weighted by atomic mass is 10.1. The molecule has 0 aliphatic carbocycles. The van der Waals surface area contributed by atoms with E-state index in [4.69, 9.17) is 26.5 Å². The van der Waals surface area contributed by atoms with E-state index in [-0.39, 0.29) is 22.3 Å². The molecule has 1 aliphatic rings. The smallest absolute Gasteiger partial charge is 0.338 e. The van der Waals surface area contributed by atoms with E-state index in [1.54, 1.807) is 43.3 Å². The van der Waals surface area contributed by atoms with Crippen molar-refractivity contribution in [2.45, 2.75) is 25.8 Å². The van der Waals surface area contributed by atoms with Crippen molar-refractivity contribution in [1.82, 2.24) is 4.90 Å². The van der Waals surface area contributed by atoms with Gasteiger partial charge in [-0.2, -0.15) is 0 Å². The maximum absolute atomic E-state index is 12.8. The number of nitrogens with zero attached hydrogens (tertiary/aromatic N) is 1. The van der Waals surface area contributed by atoms with Gasteiger partial charge in [-0.3, -0.25) is 14.5 Å². The molecule has 2 aromatic rings. The zero-order valence-electron chi connectivity index (χ0n) is 17.3. The van der Waals surface area contributed by atoms with E-state index in [2.05, 4.69) is 0 Å². The van der Waals surface area contributed by atoms with Gasteiger partial charge in [0.15, 0.2) is 0 Å². The summed E-state index contributed by atoms with van der Waals surface area (Å²) >= 11 is 6.09. The number of thiocarbonyl (C=S) groups is 1. The van der Waals surface area contributed by atoms with E-state index in [0.29, 0.717) is 22.6 Å². The summed E-state index contributed by atoms with van der Waals surface area (Å²) in [6, 6.07) is 8.60. The van der Waals surface area contributed by atoms with Crippen molar-refractivity contribution in [3.8, 4) is 11.3 Å². The lowest BCUT2D eigenvalue weighted by Crippen LogP contribution is -2.44. The summed E-state index contributed by atoms with van der Waals surface area (Å²) in [5.41, 5.74) is 1.11. The predicted octanol–water partition coefficient (Wildman–Crippen LogP) is 3.64. The number of aliphatic carboxylic acids is 2. The van der Waals surface area contributed by atoms with Crippen LogP contribution in [-0.2, 0) is 19.1 Å². The minimum atomic E-state index is -1.37. The van der Waals surface area contributed by atoms with Gasteiger partial charge in [-0.1, -0.05) is 36.1 Å². The summed E-state index contributed by atoms with van der Waals surface area (Å²) in [6.07, 6.45) is 0.770. The highest BCUT2D eigenvalue weighted by atomic mass is 32.2. The van der Waals surface area contributed by atoms with Crippen molar-refractivity contribution < 1.29 is 38.5 Å². The zero-order valence-corrected chi connectivity index (χ0v) is 19.0. The van der Waals surface area contributed by atoms with Crippen LogP contribution in [0.3, 0.4) is 0 Å². The van der Waals surface area contributed by atoms with Gasteiger partial charge < -0.3 is 19.4 Å². The standard InChI is InChI=1S/C22H19NO8S2/c1-2-30-21(29)13-5-3-12(4-6-13)16-9-7-14(31-16)11-17-19(26)23(22(32)33-17)15(20(27)28)8-10-18(24)25/h3-7,9,11,15H,2,8,10H2,1H3,(H,24,25)(H,27,28)/b17-11-/t15-/m0/s1. The van der Waals surface area contributed by atoms with E-state index < -0.39 is 36.3 Å². The number of carbonyl (C=O) groups is 4. The molecule has 0 radical (unpaired) electrons. The number of hydrogen-bond donors (Lipinski definition) is 2. The number of amides is 1. The van der Waals surface area contributed by atoms with Gasteiger partial charge >= 0.3 is 17.9 Å². The molecular weight excluding hydrogens is 470 g/mol. The molecule has 1 amide bonds. The van der Waals surface area contributed by atoms with Gasteiger partial charge in [0.05, 0.1) is 17.1 Å². The van der Waals surface area contributed by atoms with E-state index in [0.717, 1.165) is 16.7 Å². The fourth-order valence-electron chi connectivity index (χ4n) is 3.07. The van der Waals surface area contributed by atoms with E-state index in [1.807, 2.05) is 0 Å².